The summed E-state index contributed by atoms with van der Waals surface area (Å²) in [6.45, 7) is 6.57. The molecule has 5 nitrogen and oxygen atoms in total. The maximum absolute atomic E-state index is 12.0. The third kappa shape index (κ3) is 9.98. The minimum absolute atomic E-state index is 0.254. The number of benzene rings is 2. The summed E-state index contributed by atoms with van der Waals surface area (Å²) in [6.07, 6.45) is 9.29. The van der Waals surface area contributed by atoms with Gasteiger partial charge in [-0.15, -0.1) is 0 Å². The Balaban J connectivity index is 1.77. The molecule has 0 saturated carbocycles. The lowest BCUT2D eigenvalue weighted by Gasteiger charge is -2.06. The number of ether oxygens (including phenoxy) is 3. The van der Waals surface area contributed by atoms with E-state index in [1.165, 1.54) is 6.08 Å². The second-order valence-electron chi connectivity index (χ2n) is 7.14. The molecular formula is C26H31O5. The molecule has 1 radical (unpaired) electrons. The Bertz CT molecular complexity index is 822. The third-order valence-corrected chi connectivity index (χ3v) is 4.46. The summed E-state index contributed by atoms with van der Waals surface area (Å²) in [4.78, 5) is 23.8. The maximum atomic E-state index is 12.0. The molecular weight excluding hydrogens is 392 g/mol. The van der Waals surface area contributed by atoms with E-state index < -0.39 is 5.97 Å². The van der Waals surface area contributed by atoms with Crippen molar-refractivity contribution in [2.75, 3.05) is 6.61 Å². The van der Waals surface area contributed by atoms with Gasteiger partial charge in [-0.3, -0.25) is 4.79 Å². The monoisotopic (exact) mass is 423 g/mol. The quantitative estimate of drug-likeness (QED) is 0.167. The Morgan fingerprint density at radius 3 is 2.13 bits per heavy atom. The minimum Gasteiger partial charge on any atom is -0.494 e. The van der Waals surface area contributed by atoms with Crippen LogP contribution in [0.4, 0.5) is 0 Å². The summed E-state index contributed by atoms with van der Waals surface area (Å²) in [5.41, 5.74) is 0.868. The topological polar surface area (TPSA) is 61.8 Å². The van der Waals surface area contributed by atoms with E-state index >= 15 is 0 Å². The lowest BCUT2D eigenvalue weighted by molar-refractivity contribution is -0.134. The zero-order valence-corrected chi connectivity index (χ0v) is 18.2. The average Bonchev–Trinajstić information content (AvgIpc) is 2.78. The standard InChI is InChI=1S/C26H31O5/c1-3-5-7-9-25(27)30-23-15-17-24(18-16-23)31-26(28)19-12-21-10-13-22(14-11-21)29-20-8-6-4-2/h10-19H,2-9,20H2,1H3/b19-12+. The Hall–Kier alpha value is -3.08. The lowest BCUT2D eigenvalue weighted by atomic mass is 10.2. The summed E-state index contributed by atoms with van der Waals surface area (Å²) in [5.74, 6) is 0.875. The number of hydrogen-bond acceptors (Lipinski definition) is 5. The molecule has 2 aromatic rings. The molecule has 31 heavy (non-hydrogen) atoms. The Labute approximate surface area is 185 Å². The summed E-state index contributed by atoms with van der Waals surface area (Å²) in [6, 6.07) is 13.9. The Morgan fingerprint density at radius 1 is 0.839 bits per heavy atom. The van der Waals surface area contributed by atoms with E-state index in [1.54, 1.807) is 30.3 Å². The maximum Gasteiger partial charge on any atom is 0.336 e. The molecule has 0 aliphatic heterocycles. The molecule has 165 valence electrons. The number of rotatable bonds is 13. The predicted molar refractivity (Wildman–Crippen MR) is 122 cm³/mol. The molecule has 0 N–H and O–H groups in total. The minimum atomic E-state index is -0.488. The van der Waals surface area contributed by atoms with Gasteiger partial charge in [0.15, 0.2) is 0 Å². The van der Waals surface area contributed by atoms with Crippen LogP contribution in [0.15, 0.2) is 54.6 Å². The van der Waals surface area contributed by atoms with Gasteiger partial charge in [0.25, 0.3) is 0 Å². The molecule has 5 heteroatoms. The molecule has 2 aromatic carbocycles. The molecule has 0 fully saturated rings. The highest BCUT2D eigenvalue weighted by molar-refractivity contribution is 5.88. The molecule has 0 saturated heterocycles. The van der Waals surface area contributed by atoms with E-state index in [2.05, 4.69) is 13.8 Å². The molecule has 0 atom stereocenters. The van der Waals surface area contributed by atoms with Crippen molar-refractivity contribution in [3.8, 4) is 17.2 Å². The highest BCUT2D eigenvalue weighted by Crippen LogP contribution is 2.19. The van der Waals surface area contributed by atoms with E-state index in [9.17, 15) is 9.59 Å². The normalized spacial score (nSPS) is 10.8. The Morgan fingerprint density at radius 2 is 1.48 bits per heavy atom. The van der Waals surface area contributed by atoms with Crippen molar-refractivity contribution >= 4 is 18.0 Å². The van der Waals surface area contributed by atoms with Gasteiger partial charge in [-0.2, -0.15) is 0 Å². The second kappa shape index (κ2) is 14.0. The van der Waals surface area contributed by atoms with Crippen LogP contribution in [-0.4, -0.2) is 18.5 Å². The molecule has 0 aliphatic carbocycles. The van der Waals surface area contributed by atoms with Gasteiger partial charge in [-0.1, -0.05) is 51.7 Å². The number of carbonyl (C=O) groups excluding carboxylic acids is 2. The fraction of sp³-hybridized carbons (Fsp3) is 0.346. The largest absolute Gasteiger partial charge is 0.494 e. The summed E-state index contributed by atoms with van der Waals surface area (Å²) in [5, 5.41) is 0. The van der Waals surface area contributed by atoms with E-state index in [4.69, 9.17) is 14.2 Å². The SMILES string of the molecule is [CH2]CCCCOc1ccc(/C=C/C(=O)Oc2ccc(OC(=O)CCCCC)cc2)cc1. The highest BCUT2D eigenvalue weighted by atomic mass is 16.5. The molecule has 0 bridgehead atoms. The van der Waals surface area contributed by atoms with Gasteiger partial charge in [0.1, 0.15) is 17.2 Å². The van der Waals surface area contributed by atoms with Gasteiger partial charge in [-0.05, 0) is 60.9 Å². The summed E-state index contributed by atoms with van der Waals surface area (Å²) >= 11 is 0. The van der Waals surface area contributed by atoms with Crippen LogP contribution in [0.3, 0.4) is 0 Å². The molecule has 0 aromatic heterocycles. The van der Waals surface area contributed by atoms with Gasteiger partial charge >= 0.3 is 11.9 Å². The smallest absolute Gasteiger partial charge is 0.336 e. The van der Waals surface area contributed by atoms with Crippen molar-refractivity contribution in [1.82, 2.24) is 0 Å². The van der Waals surface area contributed by atoms with Gasteiger partial charge < -0.3 is 14.2 Å². The molecule has 0 aliphatic rings. The highest BCUT2D eigenvalue weighted by Gasteiger charge is 2.06. The van der Waals surface area contributed by atoms with Gasteiger partial charge in [0.2, 0.25) is 0 Å². The molecule has 0 amide bonds. The van der Waals surface area contributed by atoms with Crippen molar-refractivity contribution < 1.29 is 23.8 Å². The number of unbranched alkanes of at least 4 members (excludes halogenated alkanes) is 4. The van der Waals surface area contributed by atoms with E-state index in [0.717, 1.165) is 49.8 Å². The van der Waals surface area contributed by atoms with E-state index in [0.29, 0.717) is 24.5 Å². The molecule has 0 spiro atoms. The number of hydrogen-bond donors (Lipinski definition) is 0. The fourth-order valence-electron chi connectivity index (χ4n) is 2.74. The van der Waals surface area contributed by atoms with Crippen molar-refractivity contribution in [2.24, 2.45) is 0 Å². The van der Waals surface area contributed by atoms with Crippen LogP contribution >= 0.6 is 0 Å². The third-order valence-electron chi connectivity index (χ3n) is 4.46. The van der Waals surface area contributed by atoms with E-state index in [1.807, 2.05) is 24.3 Å². The predicted octanol–water partition coefficient (Wildman–Crippen LogP) is 6.17. The van der Waals surface area contributed by atoms with Crippen molar-refractivity contribution in [3.05, 3.63) is 67.1 Å². The number of esters is 2. The van der Waals surface area contributed by atoms with Gasteiger partial charge in [0, 0.05) is 12.5 Å². The molecule has 0 heterocycles. The lowest BCUT2D eigenvalue weighted by Crippen LogP contribution is -2.07. The van der Waals surface area contributed by atoms with Crippen molar-refractivity contribution in [2.45, 2.75) is 51.9 Å². The first-order valence-corrected chi connectivity index (χ1v) is 10.8. The summed E-state index contributed by atoms with van der Waals surface area (Å²) in [7, 11) is 0. The summed E-state index contributed by atoms with van der Waals surface area (Å²) < 4.78 is 16.2. The van der Waals surface area contributed by atoms with Crippen LogP contribution in [0.5, 0.6) is 17.2 Å². The second-order valence-corrected chi connectivity index (χ2v) is 7.14. The molecule has 2 rings (SSSR count). The van der Waals surface area contributed by atoms with Crippen molar-refractivity contribution in [1.29, 1.82) is 0 Å². The van der Waals surface area contributed by atoms with Crippen LogP contribution in [0, 0.1) is 6.92 Å². The van der Waals surface area contributed by atoms with E-state index in [-0.39, 0.29) is 5.97 Å². The van der Waals surface area contributed by atoms with Crippen LogP contribution in [0.1, 0.15) is 57.4 Å². The zero-order valence-electron chi connectivity index (χ0n) is 18.2. The van der Waals surface area contributed by atoms with Crippen LogP contribution in [-0.2, 0) is 9.59 Å². The fourth-order valence-corrected chi connectivity index (χ4v) is 2.74. The number of carbonyl (C=O) groups is 2. The molecule has 0 unspecified atom stereocenters. The van der Waals surface area contributed by atoms with Crippen LogP contribution in [0.25, 0.3) is 6.08 Å². The first-order valence-electron chi connectivity index (χ1n) is 10.8. The van der Waals surface area contributed by atoms with Crippen molar-refractivity contribution in [3.63, 3.8) is 0 Å². The average molecular weight is 424 g/mol. The first kappa shape index (κ1) is 24.2. The van der Waals surface area contributed by atoms with Crippen LogP contribution in [0.2, 0.25) is 0 Å². The zero-order chi connectivity index (χ0) is 22.3. The Kier molecular flexibility index (Phi) is 10.9. The van der Waals surface area contributed by atoms with Crippen LogP contribution < -0.4 is 14.2 Å². The first-order chi connectivity index (χ1) is 15.1. The van der Waals surface area contributed by atoms with Gasteiger partial charge in [-0.25, -0.2) is 4.79 Å². The van der Waals surface area contributed by atoms with Gasteiger partial charge in [0.05, 0.1) is 6.61 Å².